The van der Waals surface area contributed by atoms with Gasteiger partial charge >= 0.3 is 0 Å². The van der Waals surface area contributed by atoms with E-state index in [0.717, 1.165) is 35.4 Å². The zero-order chi connectivity index (χ0) is 23.7. The zero-order valence-corrected chi connectivity index (χ0v) is 19.5. The highest BCUT2D eigenvalue weighted by atomic mass is 35.5. The van der Waals surface area contributed by atoms with Crippen LogP contribution < -0.4 is 15.8 Å². The van der Waals surface area contributed by atoms with Crippen molar-refractivity contribution in [3.8, 4) is 11.4 Å². The summed E-state index contributed by atoms with van der Waals surface area (Å²) >= 11 is 6.05. The molecule has 3 heterocycles. The van der Waals surface area contributed by atoms with Gasteiger partial charge in [-0.15, -0.1) is 0 Å². The minimum Gasteiger partial charge on any atom is -0.387 e. The van der Waals surface area contributed by atoms with Gasteiger partial charge in [0.15, 0.2) is 0 Å². The number of H-pyrrole nitrogens is 2. The van der Waals surface area contributed by atoms with Crippen molar-refractivity contribution in [1.29, 1.82) is 0 Å². The Morgan fingerprint density at radius 1 is 1.24 bits per heavy atom. The topological polar surface area (TPSA) is 106 Å². The predicted molar refractivity (Wildman–Crippen MR) is 135 cm³/mol. The normalized spacial score (nSPS) is 15.0. The first-order valence-electron chi connectivity index (χ1n) is 11.2. The van der Waals surface area contributed by atoms with Gasteiger partial charge in [0, 0.05) is 36.5 Å². The lowest BCUT2D eigenvalue weighted by Gasteiger charge is -2.29. The number of nitrogens with zero attached hydrogens (tertiary/aromatic N) is 2. The molecule has 1 saturated heterocycles. The van der Waals surface area contributed by atoms with Crippen LogP contribution in [0.15, 0.2) is 53.5 Å². The van der Waals surface area contributed by atoms with E-state index in [2.05, 4.69) is 32.3 Å². The van der Waals surface area contributed by atoms with E-state index < -0.39 is 6.10 Å². The minimum absolute atomic E-state index is 0.206. The molecule has 0 bridgehead atoms. The number of anilines is 2. The Morgan fingerprint density at radius 3 is 2.85 bits per heavy atom. The summed E-state index contributed by atoms with van der Waals surface area (Å²) in [4.78, 5) is 25.9. The van der Waals surface area contributed by atoms with Gasteiger partial charge in [0.2, 0.25) is 0 Å². The Hall–Kier alpha value is -3.33. The lowest BCUT2D eigenvalue weighted by molar-refractivity contribution is 0.122. The molecule has 5 rings (SSSR count). The average molecular weight is 480 g/mol. The number of benzene rings is 2. The lowest BCUT2D eigenvalue weighted by atomic mass is 10.1. The SMILES string of the molecule is Cc1cc(N2CCOCC2)cc2[nH]c(-c3c(NCC(O)c4cccc(Cl)c4)cc[nH]c3=O)nc12. The van der Waals surface area contributed by atoms with Crippen LogP contribution in [0.25, 0.3) is 22.4 Å². The monoisotopic (exact) mass is 479 g/mol. The van der Waals surface area contributed by atoms with Gasteiger partial charge < -0.3 is 30.0 Å². The van der Waals surface area contributed by atoms with Crippen molar-refractivity contribution >= 4 is 34.0 Å². The van der Waals surface area contributed by atoms with Gasteiger partial charge in [0.1, 0.15) is 11.4 Å². The number of ether oxygens (including phenoxy) is 1. The summed E-state index contributed by atoms with van der Waals surface area (Å²) in [6.45, 7) is 5.33. The van der Waals surface area contributed by atoms with E-state index in [1.165, 1.54) is 0 Å². The van der Waals surface area contributed by atoms with Crippen molar-refractivity contribution in [3.63, 3.8) is 0 Å². The summed E-state index contributed by atoms with van der Waals surface area (Å²) < 4.78 is 5.47. The van der Waals surface area contributed by atoms with Crippen LogP contribution in [0, 0.1) is 6.92 Å². The van der Waals surface area contributed by atoms with Crippen LogP contribution in [0.1, 0.15) is 17.2 Å². The number of halogens is 1. The molecule has 8 nitrogen and oxygen atoms in total. The van der Waals surface area contributed by atoms with Crippen molar-refractivity contribution in [1.82, 2.24) is 15.0 Å². The molecule has 176 valence electrons. The van der Waals surface area contributed by atoms with Crippen LogP contribution in [0.2, 0.25) is 5.02 Å². The number of hydrogen-bond donors (Lipinski definition) is 4. The van der Waals surface area contributed by atoms with Gasteiger partial charge in [-0.25, -0.2) is 4.98 Å². The second-order valence-corrected chi connectivity index (χ2v) is 8.83. The molecule has 9 heteroatoms. The highest BCUT2D eigenvalue weighted by molar-refractivity contribution is 6.30. The third-order valence-electron chi connectivity index (χ3n) is 6.06. The largest absolute Gasteiger partial charge is 0.387 e. The van der Waals surface area contributed by atoms with Crippen molar-refractivity contribution in [2.45, 2.75) is 13.0 Å². The van der Waals surface area contributed by atoms with E-state index in [1.54, 1.807) is 30.5 Å². The highest BCUT2D eigenvalue weighted by Gasteiger charge is 2.18. The molecule has 1 fully saturated rings. The first-order chi connectivity index (χ1) is 16.5. The number of fused-ring (bicyclic) bond motifs is 1. The predicted octanol–water partition coefficient (Wildman–Crippen LogP) is 3.86. The number of nitrogens with one attached hydrogen (secondary N) is 3. The molecule has 0 radical (unpaired) electrons. The molecule has 0 spiro atoms. The molecular weight excluding hydrogens is 454 g/mol. The number of rotatable bonds is 6. The molecule has 1 aliphatic heterocycles. The number of morpholine rings is 1. The Labute approximate surface area is 201 Å². The van der Waals surface area contributed by atoms with Crippen molar-refractivity contribution < 1.29 is 9.84 Å². The summed E-state index contributed by atoms with van der Waals surface area (Å²) in [6.07, 6.45) is 0.782. The molecule has 0 saturated carbocycles. The number of aromatic amines is 2. The third-order valence-corrected chi connectivity index (χ3v) is 6.29. The fraction of sp³-hybridized carbons (Fsp3) is 0.280. The lowest BCUT2D eigenvalue weighted by Crippen LogP contribution is -2.36. The van der Waals surface area contributed by atoms with E-state index >= 15 is 0 Å². The maximum absolute atomic E-state index is 12.8. The summed E-state index contributed by atoms with van der Waals surface area (Å²) in [6, 6.07) is 13.0. The summed E-state index contributed by atoms with van der Waals surface area (Å²) in [5, 5.41) is 14.4. The van der Waals surface area contributed by atoms with Crippen molar-refractivity contribution in [2.24, 2.45) is 0 Å². The van der Waals surface area contributed by atoms with E-state index in [9.17, 15) is 9.90 Å². The van der Waals surface area contributed by atoms with Gasteiger partial charge in [-0.05, 0) is 48.4 Å². The van der Waals surface area contributed by atoms with E-state index in [0.29, 0.717) is 40.9 Å². The maximum Gasteiger partial charge on any atom is 0.261 e. The summed E-state index contributed by atoms with van der Waals surface area (Å²) in [5.74, 6) is 0.471. The summed E-state index contributed by atoms with van der Waals surface area (Å²) in [5.41, 5.74) is 5.21. The van der Waals surface area contributed by atoms with Crippen LogP contribution in [0.5, 0.6) is 0 Å². The smallest absolute Gasteiger partial charge is 0.261 e. The van der Waals surface area contributed by atoms with Crippen LogP contribution in [0.3, 0.4) is 0 Å². The Bertz CT molecular complexity index is 1380. The van der Waals surface area contributed by atoms with E-state index in [1.807, 2.05) is 13.0 Å². The van der Waals surface area contributed by atoms with Gasteiger partial charge in [-0.2, -0.15) is 0 Å². The standard InChI is InChI=1S/C25H26ClN5O3/c1-15-11-18(31-7-9-34-10-8-31)13-20-23(15)30-24(29-20)22-19(5-6-27-25(22)33)28-14-21(32)16-3-2-4-17(26)12-16/h2-6,11-13,21,32H,7-10,14H2,1H3,(H,29,30)(H2,27,28,33). The molecule has 1 aliphatic rings. The molecular formula is C25H26ClN5O3. The number of imidazole rings is 1. The first kappa shape index (κ1) is 22.5. The Kier molecular flexibility index (Phi) is 6.28. The van der Waals surface area contributed by atoms with E-state index in [-0.39, 0.29) is 12.1 Å². The number of aliphatic hydroxyl groups is 1. The number of aryl methyl sites for hydroxylation is 1. The molecule has 1 unspecified atom stereocenters. The van der Waals surface area contributed by atoms with Crippen molar-refractivity contribution in [3.05, 3.63) is 75.2 Å². The average Bonchev–Trinajstić information content (AvgIpc) is 3.27. The van der Waals surface area contributed by atoms with Gasteiger partial charge in [0.05, 0.1) is 36.0 Å². The first-order valence-corrected chi connectivity index (χ1v) is 11.6. The number of hydrogen-bond acceptors (Lipinski definition) is 6. The molecule has 34 heavy (non-hydrogen) atoms. The fourth-order valence-electron chi connectivity index (χ4n) is 4.29. The second kappa shape index (κ2) is 9.50. The number of pyridine rings is 1. The highest BCUT2D eigenvalue weighted by Crippen LogP contribution is 2.30. The molecule has 0 aliphatic carbocycles. The van der Waals surface area contributed by atoms with Gasteiger partial charge in [0.25, 0.3) is 5.56 Å². The quantitative estimate of drug-likeness (QED) is 0.334. The molecule has 2 aromatic heterocycles. The third kappa shape index (κ3) is 4.52. The van der Waals surface area contributed by atoms with Gasteiger partial charge in [-0.1, -0.05) is 23.7 Å². The molecule has 4 N–H and O–H groups in total. The minimum atomic E-state index is -0.792. The molecule has 1 atom stereocenters. The molecule has 0 amide bonds. The molecule has 4 aromatic rings. The van der Waals surface area contributed by atoms with Crippen LogP contribution in [0.4, 0.5) is 11.4 Å². The summed E-state index contributed by atoms with van der Waals surface area (Å²) in [7, 11) is 0. The van der Waals surface area contributed by atoms with E-state index in [4.69, 9.17) is 21.3 Å². The van der Waals surface area contributed by atoms with Crippen molar-refractivity contribution in [2.75, 3.05) is 43.1 Å². The van der Waals surface area contributed by atoms with Crippen LogP contribution >= 0.6 is 11.6 Å². The Balaban J connectivity index is 1.46. The zero-order valence-electron chi connectivity index (χ0n) is 18.8. The van der Waals surface area contributed by atoms with Crippen LogP contribution in [-0.2, 0) is 4.74 Å². The van der Waals surface area contributed by atoms with Crippen LogP contribution in [-0.4, -0.2) is 52.9 Å². The number of aromatic nitrogens is 3. The maximum atomic E-state index is 12.8. The Morgan fingerprint density at radius 2 is 2.06 bits per heavy atom. The molecule has 2 aromatic carbocycles. The fourth-order valence-corrected chi connectivity index (χ4v) is 4.49. The van der Waals surface area contributed by atoms with Gasteiger partial charge in [-0.3, -0.25) is 4.79 Å². The second-order valence-electron chi connectivity index (χ2n) is 8.39. The number of aliphatic hydroxyl groups excluding tert-OH is 1.